The van der Waals surface area contributed by atoms with Gasteiger partial charge in [0.2, 0.25) is 0 Å². The first-order valence-corrected chi connectivity index (χ1v) is 11.5. The lowest BCUT2D eigenvalue weighted by Gasteiger charge is -2.23. The Morgan fingerprint density at radius 3 is 2.39 bits per heavy atom. The Balaban J connectivity index is 1.75. The molecule has 8 heteroatoms. The molecule has 0 saturated carbocycles. The molecule has 0 spiro atoms. The number of hydrogen-bond acceptors (Lipinski definition) is 4. The van der Waals surface area contributed by atoms with E-state index in [0.29, 0.717) is 11.3 Å². The molecule has 0 unspecified atom stereocenters. The van der Waals surface area contributed by atoms with Crippen LogP contribution < -0.4 is 9.73 Å². The summed E-state index contributed by atoms with van der Waals surface area (Å²) in [7, 11) is -3.76. The molecule has 0 aliphatic carbocycles. The topological polar surface area (TPSA) is 78.8 Å². The molecule has 0 heterocycles. The van der Waals surface area contributed by atoms with Crippen LogP contribution >= 0.6 is 15.9 Å². The van der Waals surface area contributed by atoms with E-state index in [1.54, 1.807) is 42.5 Å². The van der Waals surface area contributed by atoms with Gasteiger partial charge in [-0.15, -0.1) is 6.58 Å². The molecule has 31 heavy (non-hydrogen) atoms. The van der Waals surface area contributed by atoms with Crippen LogP contribution in [0, 0.1) is 0 Å². The van der Waals surface area contributed by atoms with Gasteiger partial charge in [-0.25, -0.2) is 13.8 Å². The van der Waals surface area contributed by atoms with Crippen LogP contribution in [0.3, 0.4) is 0 Å². The Hall–Kier alpha value is -3.23. The highest BCUT2D eigenvalue weighted by Crippen LogP contribution is 2.24. The fourth-order valence-electron chi connectivity index (χ4n) is 2.78. The van der Waals surface area contributed by atoms with Crippen molar-refractivity contribution < 1.29 is 13.2 Å². The standard InChI is InChI=1S/C23H20BrN3O3S/c1-2-15-27(31(29,30)22-9-4-3-5-10-22)21-13-11-19(12-14-21)23(28)26-25-17-18-7-6-8-20(24)16-18/h2-14,16-17H,1,15H2,(H,26,28)/b25-17-. The monoisotopic (exact) mass is 497 g/mol. The predicted molar refractivity (Wildman–Crippen MR) is 127 cm³/mol. The van der Waals surface area contributed by atoms with Crippen LogP contribution in [0.4, 0.5) is 5.69 Å². The van der Waals surface area contributed by atoms with Crippen molar-refractivity contribution in [3.63, 3.8) is 0 Å². The quantitative estimate of drug-likeness (QED) is 0.280. The highest BCUT2D eigenvalue weighted by molar-refractivity contribution is 9.10. The third kappa shape index (κ3) is 5.68. The average molecular weight is 498 g/mol. The third-order valence-electron chi connectivity index (χ3n) is 4.27. The SMILES string of the molecule is C=CCN(c1ccc(C(=O)N/N=C\c2cccc(Br)c2)cc1)S(=O)(=O)c1ccccc1. The van der Waals surface area contributed by atoms with Gasteiger partial charge in [0.15, 0.2) is 0 Å². The Morgan fingerprint density at radius 1 is 1.03 bits per heavy atom. The molecule has 158 valence electrons. The predicted octanol–water partition coefficient (Wildman–Crippen LogP) is 4.59. The van der Waals surface area contributed by atoms with E-state index in [2.05, 4.69) is 33.0 Å². The number of nitrogens with zero attached hydrogens (tertiary/aromatic N) is 2. The number of anilines is 1. The van der Waals surface area contributed by atoms with Crippen LogP contribution in [0.15, 0.2) is 106 Å². The van der Waals surface area contributed by atoms with E-state index in [-0.39, 0.29) is 11.4 Å². The van der Waals surface area contributed by atoms with Gasteiger partial charge in [-0.3, -0.25) is 9.10 Å². The maximum absolute atomic E-state index is 13.0. The summed E-state index contributed by atoms with van der Waals surface area (Å²) in [6.45, 7) is 3.75. The van der Waals surface area contributed by atoms with Crippen molar-refractivity contribution >= 4 is 43.8 Å². The molecule has 0 bridgehead atoms. The summed E-state index contributed by atoms with van der Waals surface area (Å²) in [5, 5.41) is 3.96. The second kappa shape index (κ2) is 10.2. The first kappa shape index (κ1) is 22.5. The van der Waals surface area contributed by atoms with Crippen LogP contribution in [0.2, 0.25) is 0 Å². The highest BCUT2D eigenvalue weighted by Gasteiger charge is 2.23. The number of nitrogens with one attached hydrogen (secondary N) is 1. The summed E-state index contributed by atoms with van der Waals surface area (Å²) in [4.78, 5) is 12.5. The Kier molecular flexibility index (Phi) is 7.38. The first-order valence-electron chi connectivity index (χ1n) is 9.29. The summed E-state index contributed by atoms with van der Waals surface area (Å²) in [5.74, 6) is -0.404. The number of amides is 1. The zero-order chi connectivity index (χ0) is 22.3. The summed E-state index contributed by atoms with van der Waals surface area (Å²) in [6.07, 6.45) is 3.05. The minimum Gasteiger partial charge on any atom is -0.267 e. The molecule has 0 aliphatic rings. The van der Waals surface area contributed by atoms with E-state index in [1.165, 1.54) is 28.7 Å². The largest absolute Gasteiger partial charge is 0.271 e. The van der Waals surface area contributed by atoms with Crippen LogP contribution in [0.5, 0.6) is 0 Å². The molecule has 0 aromatic heterocycles. The number of rotatable bonds is 8. The van der Waals surface area contributed by atoms with Crippen LogP contribution in [0.1, 0.15) is 15.9 Å². The minimum absolute atomic E-state index is 0.0969. The minimum atomic E-state index is -3.76. The number of sulfonamides is 1. The second-order valence-corrected chi connectivity index (χ2v) is 9.22. The van der Waals surface area contributed by atoms with Crippen molar-refractivity contribution in [1.29, 1.82) is 0 Å². The molecule has 1 amide bonds. The number of hydrogen-bond donors (Lipinski definition) is 1. The first-order chi connectivity index (χ1) is 14.9. The lowest BCUT2D eigenvalue weighted by atomic mass is 10.2. The Bertz CT molecular complexity index is 1190. The molecule has 6 nitrogen and oxygen atoms in total. The molecule has 0 radical (unpaired) electrons. The molecule has 3 rings (SSSR count). The van der Waals surface area contributed by atoms with Crippen molar-refractivity contribution in [3.8, 4) is 0 Å². The molecular weight excluding hydrogens is 478 g/mol. The molecule has 0 saturated heterocycles. The summed E-state index contributed by atoms with van der Waals surface area (Å²) < 4.78 is 28.2. The van der Waals surface area contributed by atoms with Crippen molar-refractivity contribution in [2.24, 2.45) is 5.10 Å². The van der Waals surface area contributed by atoms with Crippen molar-refractivity contribution in [2.45, 2.75) is 4.90 Å². The zero-order valence-electron chi connectivity index (χ0n) is 16.5. The van der Waals surface area contributed by atoms with E-state index in [0.717, 1.165) is 10.0 Å². The number of halogens is 1. The van der Waals surface area contributed by atoms with E-state index in [1.807, 2.05) is 24.3 Å². The normalized spacial score (nSPS) is 11.3. The fraction of sp³-hybridized carbons (Fsp3) is 0.0435. The van der Waals surface area contributed by atoms with Gasteiger partial charge in [0.25, 0.3) is 15.9 Å². The number of carbonyl (C=O) groups is 1. The molecule has 1 N–H and O–H groups in total. The fourth-order valence-corrected chi connectivity index (χ4v) is 4.65. The number of benzene rings is 3. The zero-order valence-corrected chi connectivity index (χ0v) is 18.9. The Morgan fingerprint density at radius 2 is 1.74 bits per heavy atom. The van der Waals surface area contributed by atoms with E-state index >= 15 is 0 Å². The summed E-state index contributed by atoms with van der Waals surface area (Å²) >= 11 is 3.38. The lowest BCUT2D eigenvalue weighted by Crippen LogP contribution is -2.31. The van der Waals surface area contributed by atoms with Crippen molar-refractivity contribution in [2.75, 3.05) is 10.8 Å². The average Bonchev–Trinajstić information content (AvgIpc) is 2.78. The smallest absolute Gasteiger partial charge is 0.267 e. The Labute approximate surface area is 190 Å². The van der Waals surface area contributed by atoms with Crippen LogP contribution in [-0.2, 0) is 10.0 Å². The van der Waals surface area contributed by atoms with Crippen molar-refractivity contribution in [1.82, 2.24) is 5.43 Å². The summed E-state index contributed by atoms with van der Waals surface area (Å²) in [5.41, 5.74) is 4.08. The maximum atomic E-state index is 13.0. The molecule has 0 fully saturated rings. The van der Waals surface area contributed by atoms with Gasteiger partial charge in [0.05, 0.1) is 23.3 Å². The van der Waals surface area contributed by atoms with Crippen LogP contribution in [-0.4, -0.2) is 27.1 Å². The van der Waals surface area contributed by atoms with Crippen LogP contribution in [0.25, 0.3) is 0 Å². The molecule has 3 aromatic rings. The lowest BCUT2D eigenvalue weighted by molar-refractivity contribution is 0.0955. The van der Waals surface area contributed by atoms with Gasteiger partial charge < -0.3 is 0 Å². The van der Waals surface area contributed by atoms with Gasteiger partial charge in [-0.2, -0.15) is 5.10 Å². The van der Waals surface area contributed by atoms with E-state index < -0.39 is 15.9 Å². The molecular formula is C23H20BrN3O3S. The number of hydrazone groups is 1. The molecule has 3 aromatic carbocycles. The van der Waals surface area contributed by atoms with E-state index in [4.69, 9.17) is 0 Å². The third-order valence-corrected chi connectivity index (χ3v) is 6.57. The van der Waals surface area contributed by atoms with Gasteiger partial charge in [0.1, 0.15) is 0 Å². The van der Waals surface area contributed by atoms with E-state index in [9.17, 15) is 13.2 Å². The van der Waals surface area contributed by atoms with Crippen molar-refractivity contribution in [3.05, 3.63) is 107 Å². The highest BCUT2D eigenvalue weighted by atomic mass is 79.9. The molecule has 0 atom stereocenters. The number of carbonyl (C=O) groups excluding carboxylic acids is 1. The molecule has 0 aliphatic heterocycles. The second-order valence-electron chi connectivity index (χ2n) is 6.44. The van der Waals surface area contributed by atoms with Gasteiger partial charge in [-0.1, -0.05) is 52.3 Å². The maximum Gasteiger partial charge on any atom is 0.271 e. The van der Waals surface area contributed by atoms with Gasteiger partial charge >= 0.3 is 0 Å². The summed E-state index contributed by atoms with van der Waals surface area (Å²) in [6, 6.07) is 21.9. The van der Waals surface area contributed by atoms with Gasteiger partial charge in [-0.05, 0) is 54.1 Å². The van der Waals surface area contributed by atoms with Gasteiger partial charge in [0, 0.05) is 10.0 Å².